The van der Waals surface area contributed by atoms with E-state index in [0.29, 0.717) is 18.9 Å². The maximum absolute atomic E-state index is 11.3. The van der Waals surface area contributed by atoms with Gasteiger partial charge in [0, 0.05) is 31.6 Å². The van der Waals surface area contributed by atoms with Gasteiger partial charge in [-0.15, -0.1) is 0 Å². The van der Waals surface area contributed by atoms with Gasteiger partial charge in [-0.3, -0.25) is 4.99 Å². The smallest absolute Gasteiger partial charge is 0.191 e. The second-order valence-electron chi connectivity index (χ2n) is 6.60. The van der Waals surface area contributed by atoms with Crippen LogP contribution in [-0.4, -0.2) is 55.3 Å². The largest absolute Gasteiger partial charge is 0.357 e. The zero-order chi connectivity index (χ0) is 19.7. The molecular formula is C19H29N5O2S. The molecule has 1 aromatic carbocycles. The predicted molar refractivity (Wildman–Crippen MR) is 110 cm³/mol. The van der Waals surface area contributed by atoms with Crippen LogP contribution in [-0.2, 0) is 16.3 Å². The van der Waals surface area contributed by atoms with Gasteiger partial charge in [0.15, 0.2) is 5.96 Å². The van der Waals surface area contributed by atoms with Crippen molar-refractivity contribution in [3.8, 4) is 5.69 Å². The highest BCUT2D eigenvalue weighted by molar-refractivity contribution is 7.90. The minimum Gasteiger partial charge on any atom is -0.357 e. The molecule has 0 radical (unpaired) electrons. The average Bonchev–Trinajstić information content (AvgIpc) is 3.09. The second-order valence-corrected chi connectivity index (χ2v) is 8.86. The summed E-state index contributed by atoms with van der Waals surface area (Å²) in [7, 11) is -2.95. The van der Waals surface area contributed by atoms with Crippen LogP contribution in [0.15, 0.2) is 47.7 Å². The molecule has 0 amide bonds. The summed E-state index contributed by atoms with van der Waals surface area (Å²) in [6.07, 6.45) is 6.46. The maximum Gasteiger partial charge on any atom is 0.191 e. The van der Waals surface area contributed by atoms with Gasteiger partial charge in [-0.1, -0.05) is 18.2 Å². The van der Waals surface area contributed by atoms with E-state index in [2.05, 4.69) is 20.7 Å². The van der Waals surface area contributed by atoms with Crippen LogP contribution >= 0.6 is 0 Å². The first-order valence-electron chi connectivity index (χ1n) is 9.19. The molecule has 8 heteroatoms. The molecule has 0 spiro atoms. The van der Waals surface area contributed by atoms with E-state index < -0.39 is 9.84 Å². The molecule has 1 unspecified atom stereocenters. The Morgan fingerprint density at radius 2 is 2.04 bits per heavy atom. The topological polar surface area (TPSA) is 88.4 Å². The third-order valence-electron chi connectivity index (χ3n) is 3.98. The Bertz CT molecular complexity index is 831. The van der Waals surface area contributed by atoms with Gasteiger partial charge in [0.1, 0.15) is 9.84 Å². The highest BCUT2D eigenvalue weighted by Gasteiger charge is 2.09. The Hall–Kier alpha value is -2.35. The van der Waals surface area contributed by atoms with Crippen molar-refractivity contribution in [1.29, 1.82) is 0 Å². The van der Waals surface area contributed by atoms with Crippen LogP contribution in [0.3, 0.4) is 0 Å². The third-order valence-corrected chi connectivity index (χ3v) is 4.95. The summed E-state index contributed by atoms with van der Waals surface area (Å²) in [6.45, 7) is 5.33. The molecule has 0 fully saturated rings. The van der Waals surface area contributed by atoms with Crippen molar-refractivity contribution in [2.75, 3.05) is 25.1 Å². The number of sulfone groups is 1. The van der Waals surface area contributed by atoms with Gasteiger partial charge in [-0.2, -0.15) is 5.10 Å². The summed E-state index contributed by atoms with van der Waals surface area (Å²) in [5.41, 5.74) is 2.14. The lowest BCUT2D eigenvalue weighted by atomic mass is 10.2. The molecule has 0 aliphatic heterocycles. The molecule has 0 saturated heterocycles. The van der Waals surface area contributed by atoms with Crippen molar-refractivity contribution in [2.24, 2.45) is 4.99 Å². The molecule has 7 nitrogen and oxygen atoms in total. The van der Waals surface area contributed by atoms with E-state index in [9.17, 15) is 8.42 Å². The molecular weight excluding hydrogens is 362 g/mol. The van der Waals surface area contributed by atoms with Crippen molar-refractivity contribution in [2.45, 2.75) is 32.7 Å². The number of nitrogens with zero attached hydrogens (tertiary/aromatic N) is 3. The normalized spacial score (nSPS) is 13.4. The van der Waals surface area contributed by atoms with E-state index in [1.54, 1.807) is 0 Å². The number of hydrogen-bond donors (Lipinski definition) is 2. The van der Waals surface area contributed by atoms with Crippen molar-refractivity contribution in [3.05, 3.63) is 48.3 Å². The van der Waals surface area contributed by atoms with Crippen molar-refractivity contribution in [3.63, 3.8) is 0 Å². The monoisotopic (exact) mass is 391 g/mol. The van der Waals surface area contributed by atoms with Crippen LogP contribution in [0, 0.1) is 0 Å². The first kappa shape index (κ1) is 21.0. The third kappa shape index (κ3) is 7.82. The fraction of sp³-hybridized carbons (Fsp3) is 0.474. The summed E-state index contributed by atoms with van der Waals surface area (Å²) in [6, 6.07) is 10.0. The molecule has 0 aliphatic rings. The molecule has 1 atom stereocenters. The lowest BCUT2D eigenvalue weighted by Crippen LogP contribution is -2.43. The Morgan fingerprint density at radius 1 is 1.30 bits per heavy atom. The molecule has 2 N–H and O–H groups in total. The summed E-state index contributed by atoms with van der Waals surface area (Å²) < 4.78 is 24.5. The summed E-state index contributed by atoms with van der Waals surface area (Å²) in [4.78, 5) is 4.58. The van der Waals surface area contributed by atoms with E-state index in [1.807, 2.05) is 61.3 Å². The fourth-order valence-corrected chi connectivity index (χ4v) is 3.31. The van der Waals surface area contributed by atoms with Crippen LogP contribution in [0.25, 0.3) is 5.69 Å². The van der Waals surface area contributed by atoms with E-state index in [1.165, 1.54) is 6.26 Å². The van der Waals surface area contributed by atoms with Crippen molar-refractivity contribution < 1.29 is 8.42 Å². The summed E-state index contributed by atoms with van der Waals surface area (Å²) in [5.74, 6) is 0.869. The Morgan fingerprint density at radius 3 is 2.70 bits per heavy atom. The maximum atomic E-state index is 11.3. The zero-order valence-electron chi connectivity index (χ0n) is 16.2. The molecule has 1 heterocycles. The highest BCUT2D eigenvalue weighted by Crippen LogP contribution is 2.08. The van der Waals surface area contributed by atoms with Crippen LogP contribution < -0.4 is 10.6 Å². The number of para-hydroxylation sites is 1. The molecule has 2 rings (SSSR count). The predicted octanol–water partition coefficient (Wildman–Crippen LogP) is 1.79. The molecule has 148 valence electrons. The van der Waals surface area contributed by atoms with Crippen molar-refractivity contribution >= 4 is 15.8 Å². The molecule has 0 bridgehead atoms. The quantitative estimate of drug-likeness (QED) is 0.503. The minimum atomic E-state index is -2.95. The zero-order valence-corrected chi connectivity index (χ0v) is 17.0. The number of hydrogen-bond acceptors (Lipinski definition) is 4. The van der Waals surface area contributed by atoms with Gasteiger partial charge in [0.25, 0.3) is 0 Å². The average molecular weight is 392 g/mol. The first-order valence-corrected chi connectivity index (χ1v) is 11.2. The Kier molecular flexibility index (Phi) is 7.84. The number of rotatable bonds is 9. The minimum absolute atomic E-state index is 0.0263. The summed E-state index contributed by atoms with van der Waals surface area (Å²) >= 11 is 0. The van der Waals surface area contributed by atoms with Gasteiger partial charge in [-0.25, -0.2) is 13.1 Å². The van der Waals surface area contributed by atoms with Gasteiger partial charge >= 0.3 is 0 Å². The second kappa shape index (κ2) is 10.1. The first-order chi connectivity index (χ1) is 12.9. The molecule has 2 aromatic rings. The molecule has 27 heavy (non-hydrogen) atoms. The number of guanidine groups is 1. The van der Waals surface area contributed by atoms with Gasteiger partial charge in [0.05, 0.1) is 17.6 Å². The van der Waals surface area contributed by atoms with Crippen LogP contribution in [0.1, 0.15) is 25.8 Å². The summed E-state index contributed by atoms with van der Waals surface area (Å²) in [5, 5.41) is 10.9. The van der Waals surface area contributed by atoms with E-state index in [-0.39, 0.29) is 11.8 Å². The number of aliphatic imine (C=N–C) groups is 1. The molecule has 0 saturated carbocycles. The fourth-order valence-electron chi connectivity index (χ4n) is 2.52. The van der Waals surface area contributed by atoms with Crippen molar-refractivity contribution in [1.82, 2.24) is 20.4 Å². The standard InChI is InChI=1S/C19H29N5O2S/c1-4-20-19(23-16(2)11-13-27(3,25)26)21-12-10-17-14-22-24(15-17)18-8-6-5-7-9-18/h5-9,14-16H,4,10-13H2,1-3H3,(H2,20,21,23). The SMILES string of the molecule is CCNC(=NCCc1cnn(-c2ccccc2)c1)NC(C)CCS(C)(=O)=O. The molecule has 0 aliphatic carbocycles. The van der Waals surface area contributed by atoms with E-state index in [0.717, 1.165) is 24.2 Å². The Labute approximate surface area is 161 Å². The number of nitrogens with one attached hydrogen (secondary N) is 2. The van der Waals surface area contributed by atoms with Gasteiger partial charge in [0.2, 0.25) is 0 Å². The van der Waals surface area contributed by atoms with Crippen LogP contribution in [0.4, 0.5) is 0 Å². The van der Waals surface area contributed by atoms with Crippen LogP contribution in [0.5, 0.6) is 0 Å². The number of aromatic nitrogens is 2. The van der Waals surface area contributed by atoms with Gasteiger partial charge < -0.3 is 10.6 Å². The number of benzene rings is 1. The lowest BCUT2D eigenvalue weighted by molar-refractivity contribution is 0.581. The lowest BCUT2D eigenvalue weighted by Gasteiger charge is -2.17. The Balaban J connectivity index is 1.88. The molecule has 1 aromatic heterocycles. The van der Waals surface area contributed by atoms with Gasteiger partial charge in [-0.05, 0) is 44.4 Å². The van der Waals surface area contributed by atoms with E-state index in [4.69, 9.17) is 0 Å². The van der Waals surface area contributed by atoms with Crippen LogP contribution in [0.2, 0.25) is 0 Å². The van der Waals surface area contributed by atoms with E-state index >= 15 is 0 Å². The highest BCUT2D eigenvalue weighted by atomic mass is 32.2.